The van der Waals surface area contributed by atoms with E-state index < -0.39 is 52.8 Å². The van der Waals surface area contributed by atoms with E-state index in [1.54, 1.807) is 0 Å². The minimum Gasteiger partial charge on any atom is -0.481 e. The molecule has 0 spiro atoms. The summed E-state index contributed by atoms with van der Waals surface area (Å²) >= 11 is 0. The Labute approximate surface area is 146 Å². The number of rotatable bonds is 7. The van der Waals surface area contributed by atoms with Gasteiger partial charge in [-0.15, -0.1) is 0 Å². The molecule has 0 aliphatic rings. The SMILES string of the molecule is CCC(C(=N)C(=O)C(C)NC(=O)c1ccc(N)c(C(F)(F)F)c1)C(=O)O. The molecule has 2 unspecified atom stereocenters. The Balaban J connectivity index is 2.95. The van der Waals surface area contributed by atoms with Crippen LogP contribution in [0.3, 0.4) is 0 Å². The van der Waals surface area contributed by atoms with Crippen LogP contribution < -0.4 is 11.1 Å². The summed E-state index contributed by atoms with van der Waals surface area (Å²) in [6.45, 7) is 2.70. The van der Waals surface area contributed by atoms with Gasteiger partial charge in [-0.3, -0.25) is 14.4 Å². The second-order valence-corrected chi connectivity index (χ2v) is 5.57. The standard InChI is InChI=1S/C16H18F3N3O4/c1-3-9(15(25)26)12(21)13(23)7(2)22-14(24)8-4-5-11(20)10(6-8)16(17,18)19/h4-7,9,21H,3,20H2,1-2H3,(H,22,24)(H,25,26). The first-order valence-electron chi connectivity index (χ1n) is 7.53. The highest BCUT2D eigenvalue weighted by Crippen LogP contribution is 2.34. The fourth-order valence-corrected chi connectivity index (χ4v) is 2.20. The quantitative estimate of drug-likeness (QED) is 0.429. The lowest BCUT2D eigenvalue weighted by Crippen LogP contribution is -2.44. The van der Waals surface area contributed by atoms with Gasteiger partial charge in [0.15, 0.2) is 5.78 Å². The monoisotopic (exact) mass is 373 g/mol. The number of amides is 1. The molecule has 0 saturated carbocycles. The van der Waals surface area contributed by atoms with Gasteiger partial charge in [0.05, 0.1) is 17.3 Å². The number of hydrogen-bond donors (Lipinski definition) is 4. The highest BCUT2D eigenvalue weighted by Gasteiger charge is 2.34. The van der Waals surface area contributed by atoms with E-state index in [-0.39, 0.29) is 12.0 Å². The Kier molecular flexibility index (Phi) is 6.49. The normalized spacial score (nSPS) is 13.6. The fourth-order valence-electron chi connectivity index (χ4n) is 2.20. The molecule has 0 aliphatic heterocycles. The van der Waals surface area contributed by atoms with E-state index >= 15 is 0 Å². The zero-order chi connectivity index (χ0) is 20.2. The summed E-state index contributed by atoms with van der Waals surface area (Å²) in [6.07, 6.45) is -4.74. The smallest absolute Gasteiger partial charge is 0.418 e. The van der Waals surface area contributed by atoms with Crippen LogP contribution in [0, 0.1) is 11.3 Å². The molecule has 7 nitrogen and oxygen atoms in total. The molecule has 0 saturated heterocycles. The van der Waals surface area contributed by atoms with E-state index in [1.807, 2.05) is 0 Å². The van der Waals surface area contributed by atoms with E-state index in [2.05, 4.69) is 5.32 Å². The molecular weight excluding hydrogens is 355 g/mol. The molecule has 0 fully saturated rings. The van der Waals surface area contributed by atoms with Crippen molar-refractivity contribution in [3.05, 3.63) is 29.3 Å². The summed E-state index contributed by atoms with van der Waals surface area (Å²) in [4.78, 5) is 35.2. The first kappa shape index (κ1) is 21.1. The Morgan fingerprint density at radius 1 is 1.31 bits per heavy atom. The van der Waals surface area contributed by atoms with Crippen molar-refractivity contribution in [2.75, 3.05) is 5.73 Å². The summed E-state index contributed by atoms with van der Waals surface area (Å²) in [7, 11) is 0. The molecule has 0 bridgehead atoms. The van der Waals surface area contributed by atoms with Gasteiger partial charge >= 0.3 is 12.1 Å². The minimum atomic E-state index is -4.75. The van der Waals surface area contributed by atoms with Crippen molar-refractivity contribution in [3.8, 4) is 0 Å². The zero-order valence-electron chi connectivity index (χ0n) is 14.0. The number of carbonyl (C=O) groups excluding carboxylic acids is 2. The summed E-state index contributed by atoms with van der Waals surface area (Å²) in [6, 6.07) is 1.26. The molecule has 5 N–H and O–H groups in total. The second-order valence-electron chi connectivity index (χ2n) is 5.57. The molecule has 0 heterocycles. The van der Waals surface area contributed by atoms with Crippen LogP contribution in [-0.2, 0) is 15.8 Å². The van der Waals surface area contributed by atoms with Crippen LogP contribution in [0.25, 0.3) is 0 Å². The van der Waals surface area contributed by atoms with Crippen molar-refractivity contribution >= 4 is 29.1 Å². The number of nitrogens with one attached hydrogen (secondary N) is 2. The van der Waals surface area contributed by atoms with Gasteiger partial charge in [-0.25, -0.2) is 0 Å². The predicted molar refractivity (Wildman–Crippen MR) is 86.9 cm³/mol. The lowest BCUT2D eigenvalue weighted by atomic mass is 9.94. The van der Waals surface area contributed by atoms with Gasteiger partial charge in [0.25, 0.3) is 5.91 Å². The van der Waals surface area contributed by atoms with Crippen LogP contribution in [0.15, 0.2) is 18.2 Å². The van der Waals surface area contributed by atoms with Gasteiger partial charge in [0.2, 0.25) is 0 Å². The Morgan fingerprint density at radius 2 is 1.88 bits per heavy atom. The van der Waals surface area contributed by atoms with E-state index in [0.717, 1.165) is 12.1 Å². The molecule has 0 aliphatic carbocycles. The third-order valence-electron chi connectivity index (χ3n) is 3.68. The molecule has 1 aromatic carbocycles. The van der Waals surface area contributed by atoms with Crippen LogP contribution in [-0.4, -0.2) is 34.5 Å². The number of Topliss-reactive ketones (excluding diaryl/α,β-unsaturated/α-hetero) is 1. The van der Waals surface area contributed by atoms with E-state index in [4.69, 9.17) is 16.2 Å². The number of ketones is 1. The van der Waals surface area contributed by atoms with Crippen LogP contribution in [0.4, 0.5) is 18.9 Å². The largest absolute Gasteiger partial charge is 0.481 e. The number of nitrogen functional groups attached to an aromatic ring is 1. The molecular formula is C16H18F3N3O4. The molecule has 26 heavy (non-hydrogen) atoms. The van der Waals surface area contributed by atoms with E-state index in [0.29, 0.717) is 6.07 Å². The van der Waals surface area contributed by atoms with Gasteiger partial charge in [0, 0.05) is 11.3 Å². The maximum atomic E-state index is 12.8. The number of benzene rings is 1. The number of carboxylic acids is 1. The predicted octanol–water partition coefficient (Wildman–Crippen LogP) is 2.11. The van der Waals surface area contributed by atoms with Gasteiger partial charge in [-0.1, -0.05) is 6.92 Å². The lowest BCUT2D eigenvalue weighted by molar-refractivity contribution is -0.140. The maximum Gasteiger partial charge on any atom is 0.418 e. The Hall–Kier alpha value is -2.91. The third kappa shape index (κ3) is 4.80. The third-order valence-corrected chi connectivity index (χ3v) is 3.68. The van der Waals surface area contributed by atoms with Crippen molar-refractivity contribution in [2.45, 2.75) is 32.5 Å². The average molecular weight is 373 g/mol. The molecule has 10 heteroatoms. The summed E-state index contributed by atoms with van der Waals surface area (Å²) in [5.41, 5.74) is 2.45. The average Bonchev–Trinajstić information content (AvgIpc) is 2.53. The van der Waals surface area contributed by atoms with E-state index in [1.165, 1.54) is 13.8 Å². The van der Waals surface area contributed by atoms with Crippen molar-refractivity contribution in [3.63, 3.8) is 0 Å². The molecule has 2 atom stereocenters. The highest BCUT2D eigenvalue weighted by atomic mass is 19.4. The van der Waals surface area contributed by atoms with Crippen LogP contribution in [0.1, 0.15) is 36.2 Å². The number of aliphatic carboxylic acids is 1. The minimum absolute atomic E-state index is 0.00742. The summed E-state index contributed by atoms with van der Waals surface area (Å²) in [5, 5.41) is 18.8. The Morgan fingerprint density at radius 3 is 2.35 bits per heavy atom. The van der Waals surface area contributed by atoms with Crippen molar-refractivity contribution in [1.82, 2.24) is 5.32 Å². The molecule has 1 aromatic rings. The molecule has 142 valence electrons. The van der Waals surface area contributed by atoms with Crippen molar-refractivity contribution in [2.24, 2.45) is 5.92 Å². The highest BCUT2D eigenvalue weighted by molar-refractivity contribution is 6.44. The molecule has 1 amide bonds. The number of carbonyl (C=O) groups is 3. The van der Waals surface area contributed by atoms with Crippen LogP contribution >= 0.6 is 0 Å². The topological polar surface area (TPSA) is 133 Å². The van der Waals surface area contributed by atoms with Gasteiger partial charge < -0.3 is 21.6 Å². The maximum absolute atomic E-state index is 12.8. The van der Waals surface area contributed by atoms with Gasteiger partial charge in [-0.05, 0) is 31.5 Å². The fraction of sp³-hybridized carbons (Fsp3) is 0.375. The van der Waals surface area contributed by atoms with Crippen LogP contribution in [0.5, 0.6) is 0 Å². The summed E-state index contributed by atoms with van der Waals surface area (Å²) < 4.78 is 38.5. The van der Waals surface area contributed by atoms with Gasteiger partial charge in [0.1, 0.15) is 5.92 Å². The van der Waals surface area contributed by atoms with E-state index in [9.17, 15) is 27.6 Å². The number of nitrogens with two attached hydrogens (primary N) is 1. The Bertz CT molecular complexity index is 747. The summed E-state index contributed by atoms with van der Waals surface area (Å²) in [5.74, 6) is -4.58. The first-order valence-corrected chi connectivity index (χ1v) is 7.53. The number of carboxylic acid groups (broad SMARTS) is 1. The molecule has 1 rings (SSSR count). The second kappa shape index (κ2) is 7.98. The van der Waals surface area contributed by atoms with Gasteiger partial charge in [-0.2, -0.15) is 13.2 Å². The zero-order valence-corrected chi connectivity index (χ0v) is 14.0. The number of anilines is 1. The molecule has 0 aromatic heterocycles. The first-order chi connectivity index (χ1) is 11.9. The number of alkyl halides is 3. The molecule has 0 radical (unpaired) electrons. The lowest BCUT2D eigenvalue weighted by Gasteiger charge is -2.17. The van der Waals surface area contributed by atoms with Crippen LogP contribution in [0.2, 0.25) is 0 Å². The van der Waals surface area contributed by atoms with Crippen molar-refractivity contribution in [1.29, 1.82) is 5.41 Å². The number of hydrogen-bond acceptors (Lipinski definition) is 5. The van der Waals surface area contributed by atoms with Crippen molar-refractivity contribution < 1.29 is 32.7 Å². The number of halogens is 3.